The van der Waals surface area contributed by atoms with E-state index >= 15 is 0 Å². The number of rotatable bonds is 3. The van der Waals surface area contributed by atoms with Crippen LogP contribution in [0.1, 0.15) is 57.4 Å². The molecule has 1 aliphatic heterocycles. The molecule has 1 amide bonds. The molecule has 1 atom stereocenters. The van der Waals surface area contributed by atoms with Crippen molar-refractivity contribution in [1.82, 2.24) is 0 Å². The van der Waals surface area contributed by atoms with E-state index in [4.69, 9.17) is 10.5 Å². The van der Waals surface area contributed by atoms with Crippen molar-refractivity contribution in [1.29, 1.82) is 0 Å². The summed E-state index contributed by atoms with van der Waals surface area (Å²) in [7, 11) is 0. The summed E-state index contributed by atoms with van der Waals surface area (Å²) in [5, 5.41) is 2.81. The fraction of sp³-hybridized carbons (Fsp3) is 0.600. The first-order valence-electron chi connectivity index (χ1n) is 9.63. The second-order valence-electron chi connectivity index (χ2n) is 8.50. The standard InChI is InChI=1S/C20H24F3N3O2/c1-18(11-19(28-17(24)26-18)6-8-20(22,23)9-7-19)14-10-13(4-5-15(14)21)25-16(27)12-2-3-12/h4-5,10,12H,2-3,6-9,11H2,1H3,(H2,24,26)(H,25,27). The van der Waals surface area contributed by atoms with Crippen molar-refractivity contribution in [3.63, 3.8) is 0 Å². The van der Waals surface area contributed by atoms with Crippen LogP contribution >= 0.6 is 0 Å². The number of alkyl halides is 2. The summed E-state index contributed by atoms with van der Waals surface area (Å²) in [4.78, 5) is 16.4. The number of hydrogen-bond donors (Lipinski definition) is 2. The molecule has 152 valence electrons. The minimum Gasteiger partial charge on any atom is -0.459 e. The maximum atomic E-state index is 14.7. The molecule has 28 heavy (non-hydrogen) atoms. The molecule has 0 radical (unpaired) electrons. The summed E-state index contributed by atoms with van der Waals surface area (Å²) in [6.07, 6.45) is 1.64. The van der Waals surface area contributed by atoms with Crippen molar-refractivity contribution in [2.24, 2.45) is 16.6 Å². The van der Waals surface area contributed by atoms with Crippen LogP contribution < -0.4 is 11.1 Å². The van der Waals surface area contributed by atoms with Gasteiger partial charge in [0.05, 0.1) is 5.54 Å². The molecular formula is C20H24F3N3O2. The van der Waals surface area contributed by atoms with Gasteiger partial charge in [0.25, 0.3) is 6.02 Å². The Balaban J connectivity index is 1.63. The second kappa shape index (κ2) is 6.39. The molecule has 3 N–H and O–H groups in total. The molecule has 5 nitrogen and oxygen atoms in total. The molecule has 1 aromatic carbocycles. The molecule has 2 fully saturated rings. The van der Waals surface area contributed by atoms with E-state index in [1.54, 1.807) is 13.0 Å². The van der Waals surface area contributed by atoms with E-state index in [1.165, 1.54) is 12.1 Å². The number of aliphatic imine (C=N–C) groups is 1. The zero-order valence-electron chi connectivity index (χ0n) is 15.7. The monoisotopic (exact) mass is 395 g/mol. The first-order chi connectivity index (χ1) is 13.1. The van der Waals surface area contributed by atoms with Gasteiger partial charge in [-0.25, -0.2) is 18.2 Å². The lowest BCUT2D eigenvalue weighted by molar-refractivity contribution is -0.117. The number of nitrogens with one attached hydrogen (secondary N) is 1. The molecule has 2 saturated carbocycles. The third-order valence-corrected chi connectivity index (χ3v) is 6.00. The second-order valence-corrected chi connectivity index (χ2v) is 8.50. The lowest BCUT2D eigenvalue weighted by atomic mass is 9.72. The van der Waals surface area contributed by atoms with Crippen molar-refractivity contribution in [2.75, 3.05) is 5.32 Å². The van der Waals surface area contributed by atoms with Gasteiger partial charge in [0.15, 0.2) is 0 Å². The van der Waals surface area contributed by atoms with Gasteiger partial charge in [0, 0.05) is 36.4 Å². The molecule has 1 unspecified atom stereocenters. The number of anilines is 1. The minimum atomic E-state index is -2.72. The maximum Gasteiger partial charge on any atom is 0.283 e. The zero-order valence-corrected chi connectivity index (χ0v) is 15.7. The van der Waals surface area contributed by atoms with Gasteiger partial charge < -0.3 is 15.8 Å². The van der Waals surface area contributed by atoms with E-state index in [0.717, 1.165) is 12.8 Å². The van der Waals surface area contributed by atoms with E-state index in [1.807, 2.05) is 0 Å². The van der Waals surface area contributed by atoms with E-state index in [0.29, 0.717) is 5.69 Å². The van der Waals surface area contributed by atoms with Crippen LogP contribution in [0.4, 0.5) is 18.9 Å². The van der Waals surface area contributed by atoms with Crippen LogP contribution in [0.15, 0.2) is 23.2 Å². The van der Waals surface area contributed by atoms with Crippen molar-refractivity contribution in [2.45, 2.75) is 68.9 Å². The van der Waals surface area contributed by atoms with Crippen molar-refractivity contribution in [3.8, 4) is 0 Å². The van der Waals surface area contributed by atoms with Crippen LogP contribution in [0.2, 0.25) is 0 Å². The van der Waals surface area contributed by atoms with Crippen LogP contribution in [0.3, 0.4) is 0 Å². The molecule has 4 rings (SSSR count). The number of nitrogens with zero attached hydrogens (tertiary/aromatic N) is 1. The molecular weight excluding hydrogens is 371 g/mol. The highest BCUT2D eigenvalue weighted by Crippen LogP contribution is 2.49. The van der Waals surface area contributed by atoms with Crippen molar-refractivity contribution >= 4 is 17.6 Å². The van der Waals surface area contributed by atoms with Gasteiger partial charge in [-0.3, -0.25) is 4.79 Å². The fourth-order valence-corrected chi connectivity index (χ4v) is 4.30. The van der Waals surface area contributed by atoms with Gasteiger partial charge in [-0.2, -0.15) is 0 Å². The summed E-state index contributed by atoms with van der Waals surface area (Å²) in [6, 6.07) is 4.23. The van der Waals surface area contributed by atoms with Crippen LogP contribution in [0.25, 0.3) is 0 Å². The predicted molar refractivity (Wildman–Crippen MR) is 98.6 cm³/mol. The summed E-state index contributed by atoms with van der Waals surface area (Å²) in [5.74, 6) is -3.26. The van der Waals surface area contributed by atoms with E-state index < -0.39 is 22.9 Å². The van der Waals surface area contributed by atoms with Crippen LogP contribution in [-0.4, -0.2) is 23.5 Å². The van der Waals surface area contributed by atoms with Crippen LogP contribution in [0.5, 0.6) is 0 Å². The Morgan fingerprint density at radius 3 is 2.57 bits per heavy atom. The first-order valence-corrected chi connectivity index (χ1v) is 9.63. The Hall–Kier alpha value is -2.25. The third kappa shape index (κ3) is 3.69. The summed E-state index contributed by atoms with van der Waals surface area (Å²) < 4.78 is 47.7. The van der Waals surface area contributed by atoms with Gasteiger partial charge in [0.2, 0.25) is 11.8 Å². The average Bonchev–Trinajstić information content (AvgIpc) is 3.44. The lowest BCUT2D eigenvalue weighted by Gasteiger charge is -2.47. The highest BCUT2D eigenvalue weighted by Gasteiger charge is 2.51. The molecule has 2 aliphatic carbocycles. The molecule has 1 aromatic rings. The first kappa shape index (κ1) is 19.1. The molecule has 8 heteroatoms. The molecule has 0 aromatic heterocycles. The zero-order chi connectivity index (χ0) is 20.2. The van der Waals surface area contributed by atoms with Gasteiger partial charge in [-0.1, -0.05) is 0 Å². The molecule has 1 heterocycles. The van der Waals surface area contributed by atoms with Gasteiger partial charge >= 0.3 is 0 Å². The van der Waals surface area contributed by atoms with Gasteiger partial charge in [0.1, 0.15) is 11.4 Å². The van der Waals surface area contributed by atoms with E-state index in [2.05, 4.69) is 10.3 Å². The SMILES string of the molecule is CC1(c2cc(NC(=O)C3CC3)ccc2F)CC2(CCC(F)(F)CC2)OC(N)=N1. The largest absolute Gasteiger partial charge is 0.459 e. The average molecular weight is 395 g/mol. The summed E-state index contributed by atoms with van der Waals surface area (Å²) >= 11 is 0. The molecule has 3 aliphatic rings. The number of amides is 1. The number of hydrogen-bond acceptors (Lipinski definition) is 4. The van der Waals surface area contributed by atoms with Crippen molar-refractivity contribution < 1.29 is 22.7 Å². The van der Waals surface area contributed by atoms with Gasteiger partial charge in [-0.15, -0.1) is 0 Å². The van der Waals surface area contributed by atoms with Crippen LogP contribution in [-0.2, 0) is 15.1 Å². The topological polar surface area (TPSA) is 76.7 Å². The fourth-order valence-electron chi connectivity index (χ4n) is 4.30. The Labute approximate surface area is 161 Å². The quantitative estimate of drug-likeness (QED) is 0.810. The Morgan fingerprint density at radius 1 is 1.25 bits per heavy atom. The van der Waals surface area contributed by atoms with Crippen molar-refractivity contribution in [3.05, 3.63) is 29.6 Å². The number of carbonyl (C=O) groups excluding carboxylic acids is 1. The number of halogens is 3. The predicted octanol–water partition coefficient (Wildman–Crippen LogP) is 4.07. The van der Waals surface area contributed by atoms with E-state index in [-0.39, 0.29) is 55.5 Å². The normalized spacial score (nSPS) is 28.4. The smallest absolute Gasteiger partial charge is 0.283 e. The molecule has 1 spiro atoms. The van der Waals surface area contributed by atoms with Gasteiger partial charge in [-0.05, 0) is 50.8 Å². The minimum absolute atomic E-state index is 0.0213. The Morgan fingerprint density at radius 2 is 1.93 bits per heavy atom. The third-order valence-electron chi connectivity index (χ3n) is 6.00. The Kier molecular flexibility index (Phi) is 4.35. The maximum absolute atomic E-state index is 14.7. The number of carbonyl (C=O) groups is 1. The number of nitrogens with two attached hydrogens (primary N) is 1. The number of amidine groups is 1. The summed E-state index contributed by atoms with van der Waals surface area (Å²) in [6.45, 7) is 1.72. The lowest BCUT2D eigenvalue weighted by Crippen LogP contribution is -2.51. The number of benzene rings is 1. The van der Waals surface area contributed by atoms with E-state index in [9.17, 15) is 18.0 Å². The highest BCUT2D eigenvalue weighted by atomic mass is 19.3. The molecule has 0 bridgehead atoms. The molecule has 0 saturated heterocycles. The highest BCUT2D eigenvalue weighted by molar-refractivity contribution is 5.94. The number of ether oxygens (including phenoxy) is 1. The van der Waals surface area contributed by atoms with Crippen LogP contribution in [0, 0.1) is 11.7 Å². The summed E-state index contributed by atoms with van der Waals surface area (Å²) in [5.41, 5.74) is 4.68. The Bertz CT molecular complexity index is 828.